The smallest absolute Gasteiger partial charge is 0.123 e. The van der Waals surface area contributed by atoms with Gasteiger partial charge in [-0.05, 0) is 48.6 Å². The molecule has 1 aromatic heterocycles. The van der Waals surface area contributed by atoms with E-state index in [0.717, 1.165) is 28.7 Å². The lowest BCUT2D eigenvalue weighted by Gasteiger charge is -2.05. The summed E-state index contributed by atoms with van der Waals surface area (Å²) in [5, 5.41) is 12.2. The predicted molar refractivity (Wildman–Crippen MR) is 79.8 cm³/mol. The number of anilines is 1. The Morgan fingerprint density at radius 2 is 1.95 bits per heavy atom. The summed E-state index contributed by atoms with van der Waals surface area (Å²) < 4.78 is 5.87. The summed E-state index contributed by atoms with van der Waals surface area (Å²) in [5.74, 6) is 3.54. The summed E-state index contributed by atoms with van der Waals surface area (Å²) in [7, 11) is 0. The highest BCUT2D eigenvalue weighted by molar-refractivity contribution is 5.44. The van der Waals surface area contributed by atoms with Gasteiger partial charge in [0.05, 0.1) is 6.54 Å². The molecule has 1 aromatic carbocycles. The lowest BCUT2D eigenvalue weighted by atomic mass is 10.1. The van der Waals surface area contributed by atoms with Crippen molar-refractivity contribution in [3.05, 3.63) is 53.5 Å². The van der Waals surface area contributed by atoms with Gasteiger partial charge < -0.3 is 14.8 Å². The maximum atomic E-state index is 8.88. The SMILES string of the molecule is C[C@@H]1C[C@@H]1c1ccc(CNc2ccc(CCO)cc2)o1. The Labute approximate surface area is 119 Å². The van der Waals surface area contributed by atoms with Gasteiger partial charge in [0.15, 0.2) is 0 Å². The van der Waals surface area contributed by atoms with Crippen molar-refractivity contribution in [1.82, 2.24) is 0 Å². The molecule has 1 heterocycles. The van der Waals surface area contributed by atoms with E-state index in [2.05, 4.69) is 24.4 Å². The molecule has 1 aliphatic rings. The molecule has 2 aromatic rings. The van der Waals surface area contributed by atoms with Gasteiger partial charge in [0.2, 0.25) is 0 Å². The first-order valence-corrected chi connectivity index (χ1v) is 7.28. The van der Waals surface area contributed by atoms with E-state index in [1.54, 1.807) is 0 Å². The molecule has 0 bridgehead atoms. The van der Waals surface area contributed by atoms with Crippen LogP contribution in [0.5, 0.6) is 0 Å². The van der Waals surface area contributed by atoms with Crippen LogP contribution in [0.2, 0.25) is 0 Å². The van der Waals surface area contributed by atoms with Gasteiger partial charge in [0, 0.05) is 18.2 Å². The first-order chi connectivity index (χ1) is 9.76. The molecule has 0 aliphatic heterocycles. The third-order valence-electron chi connectivity index (χ3n) is 3.98. The number of benzene rings is 1. The second kappa shape index (κ2) is 5.71. The summed E-state index contributed by atoms with van der Waals surface area (Å²) in [5.41, 5.74) is 2.23. The van der Waals surface area contributed by atoms with Crippen LogP contribution in [-0.2, 0) is 13.0 Å². The third-order valence-corrected chi connectivity index (χ3v) is 3.98. The molecule has 1 fully saturated rings. The largest absolute Gasteiger partial charge is 0.464 e. The molecule has 2 atom stereocenters. The van der Waals surface area contributed by atoms with E-state index < -0.39 is 0 Å². The topological polar surface area (TPSA) is 45.4 Å². The summed E-state index contributed by atoms with van der Waals surface area (Å²) in [6.45, 7) is 3.17. The third kappa shape index (κ3) is 3.05. The molecule has 2 N–H and O–H groups in total. The minimum Gasteiger partial charge on any atom is -0.464 e. The van der Waals surface area contributed by atoms with Crippen molar-refractivity contribution in [2.45, 2.75) is 32.2 Å². The number of nitrogens with one attached hydrogen (secondary N) is 1. The zero-order chi connectivity index (χ0) is 13.9. The maximum Gasteiger partial charge on any atom is 0.123 e. The zero-order valence-electron chi connectivity index (χ0n) is 11.8. The highest BCUT2D eigenvalue weighted by Gasteiger charge is 2.36. The molecule has 3 nitrogen and oxygen atoms in total. The second-order valence-electron chi connectivity index (χ2n) is 5.65. The van der Waals surface area contributed by atoms with Crippen molar-refractivity contribution in [2.75, 3.05) is 11.9 Å². The van der Waals surface area contributed by atoms with E-state index >= 15 is 0 Å². The van der Waals surface area contributed by atoms with Crippen molar-refractivity contribution in [2.24, 2.45) is 5.92 Å². The van der Waals surface area contributed by atoms with E-state index in [1.165, 1.54) is 6.42 Å². The van der Waals surface area contributed by atoms with Crippen molar-refractivity contribution >= 4 is 5.69 Å². The van der Waals surface area contributed by atoms with Crippen LogP contribution in [0.15, 0.2) is 40.8 Å². The Bertz CT molecular complexity index is 559. The predicted octanol–water partition coefficient (Wildman–Crippen LogP) is 3.55. The maximum absolute atomic E-state index is 8.88. The first-order valence-electron chi connectivity index (χ1n) is 7.28. The van der Waals surface area contributed by atoms with Crippen LogP contribution in [0.3, 0.4) is 0 Å². The number of rotatable bonds is 6. The summed E-state index contributed by atoms with van der Waals surface area (Å²) in [4.78, 5) is 0. The first kappa shape index (κ1) is 13.3. The minimum atomic E-state index is 0.196. The monoisotopic (exact) mass is 271 g/mol. The van der Waals surface area contributed by atoms with Gasteiger partial charge in [0.25, 0.3) is 0 Å². The normalized spacial score (nSPS) is 20.9. The number of aliphatic hydroxyl groups excluding tert-OH is 1. The van der Waals surface area contributed by atoms with Gasteiger partial charge in [-0.1, -0.05) is 19.1 Å². The molecular formula is C17H21NO2. The fourth-order valence-corrected chi connectivity index (χ4v) is 2.51. The van der Waals surface area contributed by atoms with E-state index in [0.29, 0.717) is 18.9 Å². The van der Waals surface area contributed by atoms with E-state index in [1.807, 2.05) is 24.3 Å². The molecule has 0 spiro atoms. The van der Waals surface area contributed by atoms with Crippen LogP contribution < -0.4 is 5.32 Å². The van der Waals surface area contributed by atoms with E-state index in [9.17, 15) is 0 Å². The number of aliphatic hydroxyl groups is 1. The Morgan fingerprint density at radius 1 is 1.20 bits per heavy atom. The highest BCUT2D eigenvalue weighted by atomic mass is 16.3. The molecule has 0 radical (unpaired) electrons. The second-order valence-corrected chi connectivity index (χ2v) is 5.65. The summed E-state index contributed by atoms with van der Waals surface area (Å²) in [6, 6.07) is 12.3. The molecule has 106 valence electrons. The molecule has 0 saturated heterocycles. The van der Waals surface area contributed by atoms with Crippen LogP contribution in [0.1, 0.15) is 36.3 Å². The quantitative estimate of drug-likeness (QED) is 0.844. The number of furan rings is 1. The molecule has 1 aliphatic carbocycles. The summed E-state index contributed by atoms with van der Waals surface area (Å²) in [6.07, 6.45) is 1.97. The van der Waals surface area contributed by atoms with E-state index in [-0.39, 0.29) is 6.61 Å². The van der Waals surface area contributed by atoms with E-state index in [4.69, 9.17) is 9.52 Å². The van der Waals surface area contributed by atoms with Crippen LogP contribution in [0.4, 0.5) is 5.69 Å². The van der Waals surface area contributed by atoms with Gasteiger partial charge in [-0.2, -0.15) is 0 Å². The fourth-order valence-electron chi connectivity index (χ4n) is 2.51. The van der Waals surface area contributed by atoms with Crippen molar-refractivity contribution in [1.29, 1.82) is 0 Å². The number of hydrogen-bond acceptors (Lipinski definition) is 3. The molecule has 0 unspecified atom stereocenters. The molecular weight excluding hydrogens is 250 g/mol. The van der Waals surface area contributed by atoms with Crippen molar-refractivity contribution in [3.8, 4) is 0 Å². The Kier molecular flexibility index (Phi) is 3.79. The van der Waals surface area contributed by atoms with Gasteiger partial charge in [0.1, 0.15) is 11.5 Å². The van der Waals surface area contributed by atoms with Crippen molar-refractivity contribution in [3.63, 3.8) is 0 Å². The van der Waals surface area contributed by atoms with Crippen LogP contribution in [0.25, 0.3) is 0 Å². The Hall–Kier alpha value is -1.74. The average Bonchev–Trinajstić information content (AvgIpc) is 3.01. The molecule has 3 heteroatoms. The fraction of sp³-hybridized carbons (Fsp3) is 0.412. The Balaban J connectivity index is 1.54. The Morgan fingerprint density at radius 3 is 2.60 bits per heavy atom. The van der Waals surface area contributed by atoms with Gasteiger partial charge in [-0.15, -0.1) is 0 Å². The van der Waals surface area contributed by atoms with Crippen LogP contribution >= 0.6 is 0 Å². The zero-order valence-corrected chi connectivity index (χ0v) is 11.8. The lowest BCUT2D eigenvalue weighted by molar-refractivity contribution is 0.299. The van der Waals surface area contributed by atoms with Crippen LogP contribution in [0, 0.1) is 5.92 Å². The molecule has 3 rings (SSSR count). The highest BCUT2D eigenvalue weighted by Crippen LogP contribution is 2.47. The lowest BCUT2D eigenvalue weighted by Crippen LogP contribution is -1.98. The van der Waals surface area contributed by atoms with Gasteiger partial charge in [-0.3, -0.25) is 0 Å². The molecule has 20 heavy (non-hydrogen) atoms. The number of hydrogen-bond donors (Lipinski definition) is 2. The summed E-state index contributed by atoms with van der Waals surface area (Å²) >= 11 is 0. The average molecular weight is 271 g/mol. The van der Waals surface area contributed by atoms with Crippen LogP contribution in [-0.4, -0.2) is 11.7 Å². The van der Waals surface area contributed by atoms with Gasteiger partial charge >= 0.3 is 0 Å². The van der Waals surface area contributed by atoms with Crippen molar-refractivity contribution < 1.29 is 9.52 Å². The molecule has 0 amide bonds. The standard InChI is InChI=1S/C17H21NO2/c1-12-10-16(12)17-7-6-15(20-17)11-18-14-4-2-13(3-5-14)8-9-19/h2-7,12,16,18-19H,8-11H2,1H3/t12-,16+/m1/s1. The molecule has 1 saturated carbocycles. The minimum absolute atomic E-state index is 0.196. The van der Waals surface area contributed by atoms with Gasteiger partial charge in [-0.25, -0.2) is 0 Å².